The minimum absolute atomic E-state index is 0.290. The fraction of sp³-hybridized carbons (Fsp3) is 0.773. The molecule has 0 saturated heterocycles. The van der Waals surface area contributed by atoms with Crippen molar-refractivity contribution in [3.8, 4) is 0 Å². The second-order valence-corrected chi connectivity index (χ2v) is 8.35. The molecule has 0 fully saturated rings. The van der Waals surface area contributed by atoms with E-state index in [1.54, 1.807) is 0 Å². The highest BCUT2D eigenvalue weighted by Crippen LogP contribution is 2.23. The second kappa shape index (κ2) is 11.5. The van der Waals surface area contributed by atoms with E-state index in [-0.39, 0.29) is 0 Å². The van der Waals surface area contributed by atoms with E-state index in [1.807, 2.05) is 6.20 Å². The molecule has 0 aliphatic rings. The Bertz CT molecular complexity index is 422. The monoisotopic (exact) mass is 332 g/mol. The Labute approximate surface area is 151 Å². The molecule has 138 valence electrons. The van der Waals surface area contributed by atoms with Crippen LogP contribution in [0.15, 0.2) is 18.3 Å². The number of nitrogens with zero attached hydrogens (tertiary/aromatic N) is 2. The Balaban J connectivity index is 2.70. The molecule has 1 rings (SSSR count). The van der Waals surface area contributed by atoms with Gasteiger partial charge in [-0.25, -0.2) is 0 Å². The van der Waals surface area contributed by atoms with Gasteiger partial charge < -0.3 is 4.90 Å². The Morgan fingerprint density at radius 1 is 0.875 bits per heavy atom. The van der Waals surface area contributed by atoms with Crippen LogP contribution in [0.3, 0.4) is 0 Å². The summed E-state index contributed by atoms with van der Waals surface area (Å²) in [7, 11) is 0. The summed E-state index contributed by atoms with van der Waals surface area (Å²) in [6, 6.07) is 4.52. The Morgan fingerprint density at radius 2 is 1.46 bits per heavy atom. The summed E-state index contributed by atoms with van der Waals surface area (Å²) in [6.45, 7) is 13.8. The van der Waals surface area contributed by atoms with Crippen molar-refractivity contribution in [3.05, 3.63) is 24.0 Å². The van der Waals surface area contributed by atoms with Crippen molar-refractivity contribution in [1.82, 2.24) is 4.98 Å². The van der Waals surface area contributed by atoms with Gasteiger partial charge in [0.1, 0.15) is 0 Å². The van der Waals surface area contributed by atoms with E-state index in [4.69, 9.17) is 0 Å². The molecule has 0 aromatic carbocycles. The van der Waals surface area contributed by atoms with Crippen molar-refractivity contribution in [3.63, 3.8) is 0 Å². The van der Waals surface area contributed by atoms with Gasteiger partial charge in [0.15, 0.2) is 0 Å². The highest BCUT2D eigenvalue weighted by molar-refractivity contribution is 5.46. The lowest BCUT2D eigenvalue weighted by molar-refractivity contribution is 0.406. The number of hydrogen-bond acceptors (Lipinski definition) is 2. The molecule has 0 amide bonds. The zero-order valence-corrected chi connectivity index (χ0v) is 16.9. The molecule has 0 atom stereocenters. The molecule has 0 radical (unpaired) electrons. The van der Waals surface area contributed by atoms with Crippen LogP contribution in [-0.2, 0) is 6.42 Å². The van der Waals surface area contributed by atoms with Gasteiger partial charge in [-0.2, -0.15) is 0 Å². The zero-order valence-electron chi connectivity index (χ0n) is 16.9. The van der Waals surface area contributed by atoms with Crippen molar-refractivity contribution >= 4 is 5.69 Å². The number of unbranched alkanes of at least 4 members (excludes halogenated alkanes) is 6. The first-order chi connectivity index (χ1) is 11.5. The Hall–Kier alpha value is -1.05. The van der Waals surface area contributed by atoms with Gasteiger partial charge in [-0.05, 0) is 36.8 Å². The average Bonchev–Trinajstić information content (AvgIpc) is 2.52. The van der Waals surface area contributed by atoms with Crippen LogP contribution in [0.1, 0.15) is 91.7 Å². The molecule has 0 N–H and O–H groups in total. The van der Waals surface area contributed by atoms with Crippen molar-refractivity contribution < 1.29 is 0 Å². The lowest BCUT2D eigenvalue weighted by atomic mass is 9.90. The summed E-state index contributed by atoms with van der Waals surface area (Å²) in [5.74, 6) is 0. The molecule has 1 aromatic heterocycles. The first-order valence-corrected chi connectivity index (χ1v) is 10.2. The largest absolute Gasteiger partial charge is 0.371 e. The number of aromatic nitrogens is 1. The Morgan fingerprint density at radius 3 is 1.96 bits per heavy atom. The van der Waals surface area contributed by atoms with Crippen molar-refractivity contribution in [2.75, 3.05) is 18.0 Å². The van der Waals surface area contributed by atoms with Crippen LogP contribution in [-0.4, -0.2) is 18.1 Å². The molecule has 0 unspecified atom stereocenters. The minimum atomic E-state index is 0.290. The topological polar surface area (TPSA) is 16.1 Å². The van der Waals surface area contributed by atoms with Crippen molar-refractivity contribution in [1.29, 1.82) is 0 Å². The highest BCUT2D eigenvalue weighted by atomic mass is 15.1. The summed E-state index contributed by atoms with van der Waals surface area (Å²) in [5, 5.41) is 0. The maximum atomic E-state index is 4.60. The standard InChI is InChI=1S/C22H40N2/c1-6-8-10-12-16-24(17-13-11-9-7-2)21-14-15-23-20(18-21)19-22(3,4)5/h14-15,18H,6-13,16-17,19H2,1-5H3. The first kappa shape index (κ1) is 21.0. The van der Waals surface area contributed by atoms with Crippen molar-refractivity contribution in [2.24, 2.45) is 5.41 Å². The summed E-state index contributed by atoms with van der Waals surface area (Å²) in [5.41, 5.74) is 2.89. The van der Waals surface area contributed by atoms with E-state index in [1.165, 1.54) is 75.8 Å². The average molecular weight is 333 g/mol. The zero-order chi connectivity index (χ0) is 17.8. The summed E-state index contributed by atoms with van der Waals surface area (Å²) in [6.07, 6.45) is 13.7. The van der Waals surface area contributed by atoms with Gasteiger partial charge in [-0.15, -0.1) is 0 Å². The van der Waals surface area contributed by atoms with Gasteiger partial charge in [-0.3, -0.25) is 4.98 Å². The maximum Gasteiger partial charge on any atom is 0.0429 e. The van der Waals surface area contributed by atoms with Crippen LogP contribution < -0.4 is 4.90 Å². The molecule has 1 aromatic rings. The highest BCUT2D eigenvalue weighted by Gasteiger charge is 2.14. The van der Waals surface area contributed by atoms with E-state index in [9.17, 15) is 0 Å². The van der Waals surface area contributed by atoms with Crippen molar-refractivity contribution in [2.45, 2.75) is 92.4 Å². The lowest BCUT2D eigenvalue weighted by Crippen LogP contribution is -2.26. The second-order valence-electron chi connectivity index (χ2n) is 8.35. The van der Waals surface area contributed by atoms with E-state index in [0.717, 1.165) is 6.42 Å². The maximum absolute atomic E-state index is 4.60. The van der Waals surface area contributed by atoms with E-state index in [2.05, 4.69) is 56.6 Å². The molecular weight excluding hydrogens is 292 g/mol. The number of pyridine rings is 1. The summed E-state index contributed by atoms with van der Waals surface area (Å²) in [4.78, 5) is 7.20. The third-order valence-electron chi connectivity index (χ3n) is 4.44. The quantitative estimate of drug-likeness (QED) is 0.399. The molecule has 1 heterocycles. The summed E-state index contributed by atoms with van der Waals surface area (Å²) < 4.78 is 0. The van der Waals surface area contributed by atoms with Crippen LogP contribution >= 0.6 is 0 Å². The van der Waals surface area contributed by atoms with E-state index < -0.39 is 0 Å². The number of anilines is 1. The molecule has 24 heavy (non-hydrogen) atoms. The molecular formula is C22H40N2. The van der Waals surface area contributed by atoms with Crippen LogP contribution in [0.5, 0.6) is 0 Å². The molecule has 2 heteroatoms. The lowest BCUT2D eigenvalue weighted by Gasteiger charge is -2.26. The van der Waals surface area contributed by atoms with Gasteiger partial charge in [0.25, 0.3) is 0 Å². The smallest absolute Gasteiger partial charge is 0.0429 e. The SMILES string of the molecule is CCCCCCN(CCCCCC)c1ccnc(CC(C)(C)C)c1. The first-order valence-electron chi connectivity index (χ1n) is 10.2. The van der Waals surface area contributed by atoms with Crippen LogP contribution in [0.25, 0.3) is 0 Å². The number of rotatable bonds is 12. The fourth-order valence-electron chi connectivity index (χ4n) is 3.13. The molecule has 2 nitrogen and oxygen atoms in total. The van der Waals surface area contributed by atoms with E-state index in [0.29, 0.717) is 5.41 Å². The molecule has 0 aliphatic heterocycles. The van der Waals surface area contributed by atoms with Gasteiger partial charge in [0.05, 0.1) is 0 Å². The van der Waals surface area contributed by atoms with E-state index >= 15 is 0 Å². The summed E-state index contributed by atoms with van der Waals surface area (Å²) >= 11 is 0. The molecule has 0 aliphatic carbocycles. The predicted octanol–water partition coefficient (Wildman–Crippen LogP) is 6.64. The predicted molar refractivity (Wildman–Crippen MR) is 108 cm³/mol. The third kappa shape index (κ3) is 9.30. The molecule has 0 bridgehead atoms. The minimum Gasteiger partial charge on any atom is -0.371 e. The van der Waals surface area contributed by atoms with Crippen LogP contribution in [0.2, 0.25) is 0 Å². The number of hydrogen-bond donors (Lipinski definition) is 0. The third-order valence-corrected chi connectivity index (χ3v) is 4.44. The van der Waals surface area contributed by atoms with Gasteiger partial charge >= 0.3 is 0 Å². The Kier molecular flexibility index (Phi) is 10.1. The normalized spacial score (nSPS) is 11.7. The molecule has 0 spiro atoms. The van der Waals surface area contributed by atoms with Crippen LogP contribution in [0, 0.1) is 5.41 Å². The van der Waals surface area contributed by atoms with Gasteiger partial charge in [0.2, 0.25) is 0 Å². The van der Waals surface area contributed by atoms with Gasteiger partial charge in [-0.1, -0.05) is 73.1 Å². The fourth-order valence-corrected chi connectivity index (χ4v) is 3.13. The van der Waals surface area contributed by atoms with Gasteiger partial charge in [0, 0.05) is 30.7 Å². The van der Waals surface area contributed by atoms with Crippen LogP contribution in [0.4, 0.5) is 5.69 Å². The molecule has 0 saturated carbocycles.